The van der Waals surface area contributed by atoms with Crippen LogP contribution in [-0.4, -0.2) is 18.6 Å². The normalized spacial score (nSPS) is 26.0. The number of alkyl carbamates (subject to hydrolysis) is 1. The standard InChI is InChI=1S/C15H27NO3/c1-6-19-14(18)16-13(17)12-9-15(4,5)8-7-11(12)10(2)3/h10-12H,6-9H2,1-5H3,(H,16,17,18). The van der Waals surface area contributed by atoms with Gasteiger partial charge in [-0.15, -0.1) is 0 Å². The molecule has 1 fully saturated rings. The third-order valence-electron chi connectivity index (χ3n) is 4.14. The zero-order valence-corrected chi connectivity index (χ0v) is 12.8. The van der Waals surface area contributed by atoms with Crippen molar-refractivity contribution < 1.29 is 14.3 Å². The fraction of sp³-hybridized carbons (Fsp3) is 0.867. The molecule has 19 heavy (non-hydrogen) atoms. The Bertz CT molecular complexity index is 336. The highest BCUT2D eigenvalue weighted by Gasteiger charge is 2.40. The van der Waals surface area contributed by atoms with Crippen molar-refractivity contribution in [1.29, 1.82) is 0 Å². The molecule has 2 amide bonds. The van der Waals surface area contributed by atoms with E-state index in [1.165, 1.54) is 0 Å². The van der Waals surface area contributed by atoms with Crippen LogP contribution in [0.15, 0.2) is 0 Å². The lowest BCUT2D eigenvalue weighted by molar-refractivity contribution is -0.129. The molecule has 0 heterocycles. The van der Waals surface area contributed by atoms with E-state index in [9.17, 15) is 9.59 Å². The minimum atomic E-state index is -0.626. The smallest absolute Gasteiger partial charge is 0.413 e. The summed E-state index contributed by atoms with van der Waals surface area (Å²) in [6.07, 6.45) is 2.39. The summed E-state index contributed by atoms with van der Waals surface area (Å²) in [7, 11) is 0. The number of hydrogen-bond donors (Lipinski definition) is 1. The first-order valence-corrected chi connectivity index (χ1v) is 7.24. The summed E-state index contributed by atoms with van der Waals surface area (Å²) in [6.45, 7) is 10.7. The summed E-state index contributed by atoms with van der Waals surface area (Å²) in [5.74, 6) is 0.537. The van der Waals surface area contributed by atoms with E-state index in [4.69, 9.17) is 4.74 Å². The zero-order chi connectivity index (χ0) is 14.6. The molecule has 0 radical (unpaired) electrons. The highest BCUT2D eigenvalue weighted by atomic mass is 16.5. The largest absolute Gasteiger partial charge is 0.450 e. The molecule has 1 rings (SSSR count). The molecule has 110 valence electrons. The van der Waals surface area contributed by atoms with Crippen LogP contribution in [0.4, 0.5) is 4.79 Å². The highest BCUT2D eigenvalue weighted by molar-refractivity contribution is 5.93. The molecule has 0 saturated heterocycles. The molecule has 0 spiro atoms. The van der Waals surface area contributed by atoms with Crippen molar-refractivity contribution >= 4 is 12.0 Å². The number of nitrogens with one attached hydrogen (secondary N) is 1. The van der Waals surface area contributed by atoms with Crippen molar-refractivity contribution in [3.63, 3.8) is 0 Å². The Balaban J connectivity index is 2.73. The maximum absolute atomic E-state index is 12.3. The second-order valence-corrected chi connectivity index (χ2v) is 6.63. The molecular formula is C15H27NO3. The fourth-order valence-corrected chi connectivity index (χ4v) is 3.05. The minimum absolute atomic E-state index is 0.0897. The maximum atomic E-state index is 12.3. The summed E-state index contributed by atoms with van der Waals surface area (Å²) in [4.78, 5) is 23.7. The molecular weight excluding hydrogens is 242 g/mol. The number of imide groups is 1. The SMILES string of the molecule is CCOC(=O)NC(=O)C1CC(C)(C)CCC1C(C)C. The first-order valence-electron chi connectivity index (χ1n) is 7.24. The molecule has 4 nitrogen and oxygen atoms in total. The average Bonchev–Trinajstić information content (AvgIpc) is 2.27. The Morgan fingerprint density at radius 2 is 2.00 bits per heavy atom. The van der Waals surface area contributed by atoms with E-state index in [2.05, 4.69) is 33.0 Å². The molecule has 0 aromatic rings. The number of carbonyl (C=O) groups excluding carboxylic acids is 2. The number of hydrogen-bond acceptors (Lipinski definition) is 3. The molecule has 1 aliphatic rings. The summed E-state index contributed by atoms with van der Waals surface area (Å²) in [5.41, 5.74) is 0.169. The predicted octanol–water partition coefficient (Wildman–Crippen LogP) is 3.36. The monoisotopic (exact) mass is 269 g/mol. The second kappa shape index (κ2) is 6.40. The van der Waals surface area contributed by atoms with Gasteiger partial charge >= 0.3 is 6.09 Å². The van der Waals surface area contributed by atoms with E-state index < -0.39 is 6.09 Å². The lowest BCUT2D eigenvalue weighted by Gasteiger charge is -2.41. The number of rotatable bonds is 3. The van der Waals surface area contributed by atoms with Gasteiger partial charge in [-0.25, -0.2) is 4.79 Å². The lowest BCUT2D eigenvalue weighted by Crippen LogP contribution is -2.44. The van der Waals surface area contributed by atoms with Gasteiger partial charge in [-0.2, -0.15) is 0 Å². The average molecular weight is 269 g/mol. The molecule has 0 bridgehead atoms. The molecule has 1 N–H and O–H groups in total. The molecule has 0 aromatic heterocycles. The summed E-state index contributed by atoms with van der Waals surface area (Å²) in [5, 5.41) is 2.37. The van der Waals surface area contributed by atoms with Gasteiger partial charge in [0.15, 0.2) is 0 Å². The van der Waals surface area contributed by atoms with Crippen molar-refractivity contribution in [2.45, 2.75) is 53.9 Å². The first kappa shape index (κ1) is 16.0. The van der Waals surface area contributed by atoms with E-state index in [1.807, 2.05) is 0 Å². The third kappa shape index (κ3) is 4.51. The molecule has 2 unspecified atom stereocenters. The summed E-state index contributed by atoms with van der Waals surface area (Å²) in [6, 6.07) is 0. The van der Waals surface area contributed by atoms with E-state index in [-0.39, 0.29) is 23.8 Å². The van der Waals surface area contributed by atoms with E-state index in [1.54, 1.807) is 6.92 Å². The van der Waals surface area contributed by atoms with Gasteiger partial charge in [0.2, 0.25) is 5.91 Å². The fourth-order valence-electron chi connectivity index (χ4n) is 3.05. The van der Waals surface area contributed by atoms with Gasteiger partial charge in [0, 0.05) is 5.92 Å². The van der Waals surface area contributed by atoms with Gasteiger partial charge in [-0.1, -0.05) is 27.7 Å². The second-order valence-electron chi connectivity index (χ2n) is 6.63. The van der Waals surface area contributed by atoms with Crippen LogP contribution < -0.4 is 5.32 Å². The first-order chi connectivity index (χ1) is 8.76. The van der Waals surface area contributed by atoms with Gasteiger partial charge in [-0.05, 0) is 43.4 Å². The molecule has 4 heteroatoms. The molecule has 0 aromatic carbocycles. The summed E-state index contributed by atoms with van der Waals surface area (Å²) >= 11 is 0. The van der Waals surface area contributed by atoms with Crippen LogP contribution in [-0.2, 0) is 9.53 Å². The van der Waals surface area contributed by atoms with Crippen molar-refractivity contribution in [2.75, 3.05) is 6.61 Å². The van der Waals surface area contributed by atoms with E-state index in [0.29, 0.717) is 11.8 Å². The van der Waals surface area contributed by atoms with Crippen LogP contribution >= 0.6 is 0 Å². The van der Waals surface area contributed by atoms with Crippen LogP contribution in [0.25, 0.3) is 0 Å². The molecule has 1 saturated carbocycles. The van der Waals surface area contributed by atoms with Gasteiger partial charge < -0.3 is 4.74 Å². The maximum Gasteiger partial charge on any atom is 0.413 e. The molecule has 2 atom stereocenters. The van der Waals surface area contributed by atoms with Crippen molar-refractivity contribution in [3.8, 4) is 0 Å². The number of carbonyl (C=O) groups is 2. The Kier molecular flexibility index (Phi) is 5.39. The third-order valence-corrected chi connectivity index (χ3v) is 4.14. The van der Waals surface area contributed by atoms with Crippen LogP contribution in [0.5, 0.6) is 0 Å². The number of ether oxygens (including phenoxy) is 1. The highest BCUT2D eigenvalue weighted by Crippen LogP contribution is 2.44. The van der Waals surface area contributed by atoms with Crippen LogP contribution in [0.2, 0.25) is 0 Å². The molecule has 1 aliphatic carbocycles. The summed E-state index contributed by atoms with van der Waals surface area (Å²) < 4.78 is 4.78. The Hall–Kier alpha value is -1.06. The Labute approximate surface area is 116 Å². The lowest BCUT2D eigenvalue weighted by atomic mass is 9.64. The van der Waals surface area contributed by atoms with Gasteiger partial charge in [0.1, 0.15) is 0 Å². The van der Waals surface area contributed by atoms with Crippen molar-refractivity contribution in [3.05, 3.63) is 0 Å². The van der Waals surface area contributed by atoms with Crippen LogP contribution in [0.3, 0.4) is 0 Å². The van der Waals surface area contributed by atoms with Gasteiger partial charge in [0.05, 0.1) is 6.61 Å². The quantitative estimate of drug-likeness (QED) is 0.854. The molecule has 0 aliphatic heterocycles. The van der Waals surface area contributed by atoms with Crippen LogP contribution in [0, 0.1) is 23.2 Å². The number of amides is 2. The van der Waals surface area contributed by atoms with Crippen LogP contribution in [0.1, 0.15) is 53.9 Å². The zero-order valence-electron chi connectivity index (χ0n) is 12.8. The Morgan fingerprint density at radius 3 is 2.53 bits per heavy atom. The van der Waals surface area contributed by atoms with Crippen molar-refractivity contribution in [2.24, 2.45) is 23.2 Å². The van der Waals surface area contributed by atoms with Gasteiger partial charge in [0.25, 0.3) is 0 Å². The minimum Gasteiger partial charge on any atom is -0.450 e. The Morgan fingerprint density at radius 1 is 1.37 bits per heavy atom. The van der Waals surface area contributed by atoms with E-state index in [0.717, 1.165) is 19.3 Å². The predicted molar refractivity (Wildman–Crippen MR) is 74.6 cm³/mol. The van der Waals surface area contributed by atoms with E-state index >= 15 is 0 Å². The topological polar surface area (TPSA) is 55.4 Å². The van der Waals surface area contributed by atoms with Crippen molar-refractivity contribution in [1.82, 2.24) is 5.32 Å². The van der Waals surface area contributed by atoms with Gasteiger partial charge in [-0.3, -0.25) is 10.1 Å².